The molecule has 20 heavy (non-hydrogen) atoms. The van der Waals surface area contributed by atoms with E-state index in [1.165, 1.54) is 24.3 Å². The Hall–Kier alpha value is -0.984. The van der Waals surface area contributed by atoms with Crippen molar-refractivity contribution in [3.8, 4) is 0 Å². The van der Waals surface area contributed by atoms with Crippen LogP contribution in [0.2, 0.25) is 0 Å². The average molecular weight is 296 g/mol. The third-order valence-corrected chi connectivity index (χ3v) is 3.06. The molecule has 0 aromatic heterocycles. The Balaban J connectivity index is 0.00000200. The van der Waals surface area contributed by atoms with Gasteiger partial charge in [0, 0.05) is 0 Å². The summed E-state index contributed by atoms with van der Waals surface area (Å²) in [5.74, 6) is -2.81. The van der Waals surface area contributed by atoms with Gasteiger partial charge in [-0.2, -0.15) is 0 Å². The van der Waals surface area contributed by atoms with Crippen LogP contribution in [0.15, 0.2) is 60.7 Å². The molecule has 0 bridgehead atoms. The Kier molecular flexibility index (Phi) is 6.10. The normalized spacial score (nSPS) is 10.4. The van der Waals surface area contributed by atoms with Crippen molar-refractivity contribution < 1.29 is 19.8 Å². The maximum absolute atomic E-state index is 11.7. The molecule has 2 aromatic rings. The van der Waals surface area contributed by atoms with Crippen LogP contribution in [0.3, 0.4) is 0 Å². The van der Waals surface area contributed by atoms with Gasteiger partial charge in [-0.25, -0.2) is 0 Å². The minimum absolute atomic E-state index is 0. The molecule has 2 rings (SSSR count). The van der Waals surface area contributed by atoms with Crippen LogP contribution in [0.25, 0.3) is 0 Å². The van der Waals surface area contributed by atoms with E-state index in [4.69, 9.17) is 0 Å². The van der Waals surface area contributed by atoms with E-state index in [1.807, 2.05) is 0 Å². The molecule has 2 aromatic carbocycles. The van der Waals surface area contributed by atoms with Crippen LogP contribution in [0.5, 0.6) is 0 Å². The van der Waals surface area contributed by atoms with Crippen LogP contribution >= 0.6 is 0 Å². The van der Waals surface area contributed by atoms with Crippen LogP contribution in [-0.2, 0) is 15.0 Å². The average Bonchev–Trinajstić information content (AvgIpc) is 2.41. The van der Waals surface area contributed by atoms with Gasteiger partial charge in [0.1, 0.15) is 0 Å². The molecular formula is C15H13KO4. The van der Waals surface area contributed by atoms with Gasteiger partial charge < -0.3 is 10.2 Å². The van der Waals surface area contributed by atoms with Gasteiger partial charge >= 0.3 is 63.3 Å². The van der Waals surface area contributed by atoms with E-state index >= 15 is 0 Å². The molecule has 0 aliphatic rings. The van der Waals surface area contributed by atoms with Crippen LogP contribution in [-0.4, -0.2) is 73.5 Å². The first-order valence-electron chi connectivity index (χ1n) is 5.68. The Morgan fingerprint density at radius 2 is 1.00 bits per heavy atom. The Morgan fingerprint density at radius 3 is 1.25 bits per heavy atom. The summed E-state index contributed by atoms with van der Waals surface area (Å²) in [6, 6.07) is 16.0. The van der Waals surface area contributed by atoms with Crippen molar-refractivity contribution in [1.82, 2.24) is 0 Å². The molecule has 0 heterocycles. The number of hydrogen-bond acceptors (Lipinski definition) is 2. The minimum atomic E-state index is -2.08. The van der Waals surface area contributed by atoms with E-state index in [0.717, 1.165) is 0 Å². The quantitative estimate of drug-likeness (QED) is 0.662. The summed E-state index contributed by atoms with van der Waals surface area (Å²) in [5.41, 5.74) is -1.63. The molecular weight excluding hydrogens is 283 g/mol. The summed E-state index contributed by atoms with van der Waals surface area (Å²) in [6.45, 7) is 0. The van der Waals surface area contributed by atoms with Gasteiger partial charge in [0.05, 0.1) is 0 Å². The molecule has 0 amide bonds. The summed E-state index contributed by atoms with van der Waals surface area (Å²) in [7, 11) is 0. The summed E-state index contributed by atoms with van der Waals surface area (Å²) >= 11 is 0. The summed E-state index contributed by atoms with van der Waals surface area (Å²) in [5, 5.41) is 19.0. The van der Waals surface area contributed by atoms with E-state index in [0.29, 0.717) is 0 Å². The van der Waals surface area contributed by atoms with Crippen LogP contribution in [0, 0.1) is 0 Å². The SMILES string of the molecule is O=C(O)C(C(=O)O)(c1ccccc1)c1ccccc1.[KH]. The molecule has 0 fully saturated rings. The Labute approximate surface area is 158 Å². The van der Waals surface area contributed by atoms with Crippen molar-refractivity contribution in [3.63, 3.8) is 0 Å². The van der Waals surface area contributed by atoms with Gasteiger partial charge in [0.2, 0.25) is 5.41 Å². The first-order chi connectivity index (χ1) is 9.10. The zero-order valence-electron chi connectivity index (χ0n) is 9.98. The molecule has 0 radical (unpaired) electrons. The molecule has 2 N–H and O–H groups in total. The Bertz CT molecular complexity index is 540. The first-order valence-corrected chi connectivity index (χ1v) is 5.68. The second-order valence-electron chi connectivity index (χ2n) is 4.09. The van der Waals surface area contributed by atoms with E-state index < -0.39 is 17.4 Å². The van der Waals surface area contributed by atoms with Gasteiger partial charge in [-0.05, 0) is 11.1 Å². The molecule has 0 saturated heterocycles. The van der Waals surface area contributed by atoms with Crippen LogP contribution < -0.4 is 0 Å². The molecule has 0 unspecified atom stereocenters. The van der Waals surface area contributed by atoms with Crippen molar-refractivity contribution in [1.29, 1.82) is 0 Å². The zero-order chi connectivity index (χ0) is 13.9. The van der Waals surface area contributed by atoms with E-state index in [9.17, 15) is 19.8 Å². The van der Waals surface area contributed by atoms with Crippen LogP contribution in [0.1, 0.15) is 11.1 Å². The van der Waals surface area contributed by atoms with Crippen molar-refractivity contribution in [3.05, 3.63) is 71.8 Å². The van der Waals surface area contributed by atoms with Gasteiger partial charge in [0.25, 0.3) is 0 Å². The fraction of sp³-hybridized carbons (Fsp3) is 0.0667. The number of carbonyl (C=O) groups is 2. The fourth-order valence-electron chi connectivity index (χ4n) is 2.13. The van der Waals surface area contributed by atoms with Crippen molar-refractivity contribution in [2.45, 2.75) is 5.41 Å². The number of hydrogen-bond donors (Lipinski definition) is 2. The molecule has 4 nitrogen and oxygen atoms in total. The second-order valence-corrected chi connectivity index (χ2v) is 4.09. The molecule has 0 spiro atoms. The molecule has 5 heteroatoms. The predicted molar refractivity (Wildman–Crippen MR) is 76.1 cm³/mol. The first kappa shape index (κ1) is 17.1. The zero-order valence-corrected chi connectivity index (χ0v) is 9.98. The van der Waals surface area contributed by atoms with Crippen molar-refractivity contribution in [2.75, 3.05) is 0 Å². The topological polar surface area (TPSA) is 74.6 Å². The monoisotopic (exact) mass is 296 g/mol. The molecule has 0 saturated carbocycles. The van der Waals surface area contributed by atoms with Crippen molar-refractivity contribution in [2.24, 2.45) is 0 Å². The van der Waals surface area contributed by atoms with Crippen molar-refractivity contribution >= 4 is 63.3 Å². The summed E-state index contributed by atoms with van der Waals surface area (Å²) in [4.78, 5) is 23.4. The molecule has 0 aliphatic heterocycles. The Morgan fingerprint density at radius 1 is 0.700 bits per heavy atom. The van der Waals surface area contributed by atoms with Gasteiger partial charge in [-0.3, -0.25) is 9.59 Å². The van der Waals surface area contributed by atoms with E-state index in [2.05, 4.69) is 0 Å². The molecule has 0 atom stereocenters. The number of benzene rings is 2. The number of carboxylic acids is 2. The number of rotatable bonds is 4. The van der Waals surface area contributed by atoms with Crippen LogP contribution in [0.4, 0.5) is 0 Å². The number of carboxylic acid groups (broad SMARTS) is 2. The maximum atomic E-state index is 11.7. The third kappa shape index (κ3) is 2.87. The summed E-state index contributed by atoms with van der Waals surface area (Å²) < 4.78 is 0. The third-order valence-electron chi connectivity index (χ3n) is 3.06. The predicted octanol–water partition coefficient (Wildman–Crippen LogP) is 1.49. The van der Waals surface area contributed by atoms with E-state index in [1.54, 1.807) is 36.4 Å². The van der Waals surface area contributed by atoms with Gasteiger partial charge in [-0.15, -0.1) is 0 Å². The fourth-order valence-corrected chi connectivity index (χ4v) is 2.13. The number of aliphatic carboxylic acids is 2. The second kappa shape index (κ2) is 7.15. The summed E-state index contributed by atoms with van der Waals surface area (Å²) in [6.07, 6.45) is 0. The molecule has 98 valence electrons. The van der Waals surface area contributed by atoms with Gasteiger partial charge in [0.15, 0.2) is 0 Å². The standard InChI is InChI=1S/C15H12O4.K.H/c16-13(17)15(14(18)19,11-7-3-1-4-8-11)12-9-5-2-6-10-12;;/h1-10H,(H,16,17)(H,18,19);;. The van der Waals surface area contributed by atoms with E-state index in [-0.39, 0.29) is 62.5 Å². The molecule has 0 aliphatic carbocycles. The van der Waals surface area contributed by atoms with Gasteiger partial charge in [-0.1, -0.05) is 60.7 Å².